The van der Waals surface area contributed by atoms with Crippen LogP contribution in [0.2, 0.25) is 0 Å². The fourth-order valence-electron chi connectivity index (χ4n) is 3.21. The van der Waals surface area contributed by atoms with Gasteiger partial charge < -0.3 is 9.47 Å². The van der Waals surface area contributed by atoms with Crippen molar-refractivity contribution in [2.24, 2.45) is 0 Å². The first kappa shape index (κ1) is 17.9. The molecule has 3 aromatic rings. The molecule has 0 unspecified atom stereocenters. The van der Waals surface area contributed by atoms with Gasteiger partial charge in [-0.1, -0.05) is 60.7 Å². The Morgan fingerprint density at radius 1 is 0.893 bits per heavy atom. The summed E-state index contributed by atoms with van der Waals surface area (Å²) in [4.78, 5) is 13.2. The van der Waals surface area contributed by atoms with Crippen LogP contribution in [0, 0.1) is 0 Å². The lowest BCUT2D eigenvalue weighted by Crippen LogP contribution is -2.23. The highest BCUT2D eigenvalue weighted by molar-refractivity contribution is 6.14. The van der Waals surface area contributed by atoms with Gasteiger partial charge in [-0.2, -0.15) is 8.78 Å². The normalized spacial score (nSPS) is 17.3. The van der Waals surface area contributed by atoms with Crippen LogP contribution in [0.25, 0.3) is 6.08 Å². The summed E-state index contributed by atoms with van der Waals surface area (Å²) in [7, 11) is 0. The van der Waals surface area contributed by atoms with E-state index in [9.17, 15) is 13.6 Å². The molecule has 0 saturated carbocycles. The van der Waals surface area contributed by atoms with E-state index in [2.05, 4.69) is 4.74 Å². The predicted molar refractivity (Wildman–Crippen MR) is 102 cm³/mol. The third-order valence-corrected chi connectivity index (χ3v) is 4.47. The minimum absolute atomic E-state index is 0.00321. The number of ketones is 1. The second-order valence-corrected chi connectivity index (χ2v) is 6.25. The summed E-state index contributed by atoms with van der Waals surface area (Å²) < 4.78 is 36.2. The lowest BCUT2D eigenvalue weighted by atomic mass is 9.89. The summed E-state index contributed by atoms with van der Waals surface area (Å²) in [5.74, 6) is 0.293. The number of Topliss-reactive ketones (excluding diaryl/α,β-unsaturated/α-hetero) is 1. The van der Waals surface area contributed by atoms with Gasteiger partial charge in [0.05, 0.1) is 5.56 Å². The van der Waals surface area contributed by atoms with Crippen molar-refractivity contribution in [3.8, 4) is 11.5 Å². The molecule has 1 atom stereocenters. The van der Waals surface area contributed by atoms with Crippen molar-refractivity contribution in [3.63, 3.8) is 0 Å². The fraction of sp³-hybridized carbons (Fsp3) is 0.0870. The van der Waals surface area contributed by atoms with Crippen LogP contribution < -0.4 is 9.47 Å². The van der Waals surface area contributed by atoms with Crippen molar-refractivity contribution < 1.29 is 23.0 Å². The Labute approximate surface area is 160 Å². The van der Waals surface area contributed by atoms with E-state index in [1.54, 1.807) is 48.5 Å². The lowest BCUT2D eigenvalue weighted by molar-refractivity contribution is -0.0499. The third-order valence-electron chi connectivity index (χ3n) is 4.47. The molecule has 0 aliphatic carbocycles. The van der Waals surface area contributed by atoms with Crippen LogP contribution in [0.15, 0.2) is 84.4 Å². The largest absolute Gasteiger partial charge is 0.480 e. The van der Waals surface area contributed by atoms with Crippen molar-refractivity contribution in [1.82, 2.24) is 0 Å². The third kappa shape index (κ3) is 3.51. The van der Waals surface area contributed by atoms with E-state index < -0.39 is 12.7 Å². The number of carbonyl (C=O) groups excluding carboxylic acids is 1. The Kier molecular flexibility index (Phi) is 4.89. The molecule has 5 heteroatoms. The number of carbonyl (C=O) groups is 1. The van der Waals surface area contributed by atoms with E-state index in [1.807, 2.05) is 30.3 Å². The Balaban J connectivity index is 1.85. The highest BCUT2D eigenvalue weighted by atomic mass is 19.3. The summed E-state index contributed by atoms with van der Waals surface area (Å²) in [6.07, 6.45) is 0.913. The van der Waals surface area contributed by atoms with Gasteiger partial charge in [-0.25, -0.2) is 0 Å². The van der Waals surface area contributed by atoms with Gasteiger partial charge in [-0.15, -0.1) is 0 Å². The molecule has 1 aliphatic heterocycles. The maximum Gasteiger partial charge on any atom is 0.387 e. The average molecular weight is 378 g/mol. The number of hydrogen-bond acceptors (Lipinski definition) is 3. The number of halogens is 2. The average Bonchev–Trinajstić information content (AvgIpc) is 2.71. The van der Waals surface area contributed by atoms with E-state index in [0.717, 1.165) is 5.56 Å². The quantitative estimate of drug-likeness (QED) is 0.547. The zero-order valence-corrected chi connectivity index (χ0v) is 14.7. The second kappa shape index (κ2) is 7.64. The van der Waals surface area contributed by atoms with Gasteiger partial charge in [0, 0.05) is 11.1 Å². The van der Waals surface area contributed by atoms with Crippen LogP contribution in [-0.2, 0) is 0 Å². The molecule has 0 N–H and O–H groups in total. The number of rotatable bonds is 4. The summed E-state index contributed by atoms with van der Waals surface area (Å²) in [5.41, 5.74) is 1.97. The van der Waals surface area contributed by atoms with Gasteiger partial charge >= 0.3 is 6.61 Å². The van der Waals surface area contributed by atoms with Crippen molar-refractivity contribution in [3.05, 3.63) is 101 Å². The van der Waals surface area contributed by atoms with Crippen LogP contribution in [-0.4, -0.2) is 12.4 Å². The molecule has 3 nitrogen and oxygen atoms in total. The molecule has 0 amide bonds. The second-order valence-electron chi connectivity index (χ2n) is 6.25. The van der Waals surface area contributed by atoms with Crippen molar-refractivity contribution in [2.45, 2.75) is 12.7 Å². The highest BCUT2D eigenvalue weighted by Crippen LogP contribution is 2.39. The molecule has 1 heterocycles. The molecule has 4 rings (SSSR count). The van der Waals surface area contributed by atoms with Gasteiger partial charge in [0.25, 0.3) is 0 Å². The molecular weight excluding hydrogens is 362 g/mol. The molecule has 140 valence electrons. The first-order valence-electron chi connectivity index (χ1n) is 8.74. The Morgan fingerprint density at radius 3 is 2.36 bits per heavy atom. The Hall–Kier alpha value is -3.47. The van der Waals surface area contributed by atoms with Crippen LogP contribution in [0.4, 0.5) is 8.78 Å². The van der Waals surface area contributed by atoms with Gasteiger partial charge in [-0.05, 0) is 29.8 Å². The molecule has 0 fully saturated rings. The number of benzene rings is 3. The molecule has 0 aromatic heterocycles. The predicted octanol–water partition coefficient (Wildman–Crippen LogP) is 5.69. The molecular formula is C23H16F2O3. The maximum atomic E-state index is 13.2. The lowest BCUT2D eigenvalue weighted by Gasteiger charge is -2.28. The van der Waals surface area contributed by atoms with Crippen LogP contribution in [0.3, 0.4) is 0 Å². The van der Waals surface area contributed by atoms with Crippen LogP contribution >= 0.6 is 0 Å². The highest BCUT2D eigenvalue weighted by Gasteiger charge is 2.33. The van der Waals surface area contributed by atoms with E-state index in [0.29, 0.717) is 22.4 Å². The minimum atomic E-state index is -2.96. The molecule has 28 heavy (non-hydrogen) atoms. The number of hydrogen-bond donors (Lipinski definition) is 0. The molecule has 0 radical (unpaired) electrons. The maximum absolute atomic E-state index is 13.2. The number of para-hydroxylation sites is 2. The van der Waals surface area contributed by atoms with E-state index in [4.69, 9.17) is 4.74 Å². The van der Waals surface area contributed by atoms with Crippen molar-refractivity contribution in [1.29, 1.82) is 0 Å². The molecule has 0 spiro atoms. The van der Waals surface area contributed by atoms with E-state index >= 15 is 0 Å². The number of alkyl halides is 2. The standard InChI is InChI=1S/C23H16F2O3/c24-23(25)28-19-12-6-4-10-16(19)14-18-21(26)17-11-5-7-13-20(17)27-22(18)15-8-2-1-3-9-15/h1-14,22-23H/b18-14+/t22-/m1/s1. The van der Waals surface area contributed by atoms with Crippen molar-refractivity contribution in [2.75, 3.05) is 0 Å². The zero-order valence-electron chi connectivity index (χ0n) is 14.7. The van der Waals surface area contributed by atoms with Gasteiger partial charge in [-0.3, -0.25) is 4.79 Å². The monoisotopic (exact) mass is 378 g/mol. The van der Waals surface area contributed by atoms with Crippen LogP contribution in [0.5, 0.6) is 11.5 Å². The van der Waals surface area contributed by atoms with Crippen molar-refractivity contribution >= 4 is 11.9 Å². The molecule has 3 aromatic carbocycles. The first-order valence-corrected chi connectivity index (χ1v) is 8.74. The van der Waals surface area contributed by atoms with Gasteiger partial charge in [0.15, 0.2) is 11.9 Å². The fourth-order valence-corrected chi connectivity index (χ4v) is 3.21. The summed E-state index contributed by atoms with van der Waals surface area (Å²) in [6.45, 7) is -2.96. The summed E-state index contributed by atoms with van der Waals surface area (Å²) >= 11 is 0. The first-order chi connectivity index (χ1) is 13.6. The topological polar surface area (TPSA) is 35.5 Å². The molecule has 1 aliphatic rings. The number of ether oxygens (including phenoxy) is 2. The zero-order chi connectivity index (χ0) is 19.5. The number of fused-ring (bicyclic) bond motifs is 1. The molecule has 0 saturated heterocycles. The Bertz CT molecular complexity index is 1030. The van der Waals surface area contributed by atoms with Gasteiger partial charge in [0.1, 0.15) is 11.5 Å². The van der Waals surface area contributed by atoms with E-state index in [-0.39, 0.29) is 11.5 Å². The SMILES string of the molecule is O=C1/C(=C\c2ccccc2OC(F)F)[C@@H](c2ccccc2)Oc2ccccc21. The smallest absolute Gasteiger partial charge is 0.387 e. The van der Waals surface area contributed by atoms with Gasteiger partial charge in [0.2, 0.25) is 0 Å². The molecule has 0 bridgehead atoms. The Morgan fingerprint density at radius 2 is 1.57 bits per heavy atom. The summed E-state index contributed by atoms with van der Waals surface area (Å²) in [6, 6.07) is 22.7. The minimum Gasteiger partial charge on any atom is -0.480 e. The summed E-state index contributed by atoms with van der Waals surface area (Å²) in [5, 5.41) is 0. The van der Waals surface area contributed by atoms with Crippen LogP contribution in [0.1, 0.15) is 27.6 Å². The van der Waals surface area contributed by atoms with E-state index in [1.165, 1.54) is 6.07 Å².